The van der Waals surface area contributed by atoms with Crippen molar-refractivity contribution in [3.63, 3.8) is 0 Å². The minimum absolute atomic E-state index is 0.106. The van der Waals surface area contributed by atoms with Gasteiger partial charge in [-0.05, 0) is 52.8 Å². The molecule has 0 saturated carbocycles. The molecule has 1 unspecified atom stereocenters. The van der Waals surface area contributed by atoms with E-state index in [4.69, 9.17) is 9.15 Å². The fourth-order valence-electron chi connectivity index (χ4n) is 3.18. The number of benzene rings is 2. The maximum Gasteiger partial charge on any atom is 0.287 e. The van der Waals surface area contributed by atoms with Crippen LogP contribution in [0.25, 0.3) is 0 Å². The van der Waals surface area contributed by atoms with Crippen molar-refractivity contribution in [2.24, 2.45) is 0 Å². The molecular weight excluding hydrogens is 390 g/mol. The van der Waals surface area contributed by atoms with Gasteiger partial charge in [0.1, 0.15) is 18.1 Å². The van der Waals surface area contributed by atoms with E-state index < -0.39 is 6.10 Å². The normalized spacial score (nSPS) is 12.2. The molecule has 1 aromatic heterocycles. The van der Waals surface area contributed by atoms with Crippen molar-refractivity contribution in [3.8, 4) is 5.75 Å². The third-order valence-corrected chi connectivity index (χ3v) is 5.26. The first-order chi connectivity index (χ1) is 14.8. The summed E-state index contributed by atoms with van der Waals surface area (Å²) in [4.78, 5) is 12.4. The molecule has 1 atom stereocenters. The first kappa shape index (κ1) is 22.6. The van der Waals surface area contributed by atoms with Gasteiger partial charge in [-0.3, -0.25) is 4.79 Å². The van der Waals surface area contributed by atoms with Crippen LogP contribution in [-0.2, 0) is 6.61 Å². The second-order valence-corrected chi connectivity index (χ2v) is 8.33. The third-order valence-electron chi connectivity index (χ3n) is 5.26. The van der Waals surface area contributed by atoms with E-state index in [0.717, 1.165) is 11.3 Å². The molecule has 2 aromatic carbocycles. The number of carbonyl (C=O) groups is 1. The molecule has 31 heavy (non-hydrogen) atoms. The molecule has 0 spiro atoms. The van der Waals surface area contributed by atoms with Crippen molar-refractivity contribution < 1.29 is 19.1 Å². The molecule has 5 nitrogen and oxygen atoms in total. The molecule has 3 aromatic rings. The fraction of sp³-hybridized carbons (Fsp3) is 0.346. The molecule has 0 fully saturated rings. The summed E-state index contributed by atoms with van der Waals surface area (Å²) in [7, 11) is 0. The predicted molar refractivity (Wildman–Crippen MR) is 121 cm³/mol. The topological polar surface area (TPSA) is 71.7 Å². The predicted octanol–water partition coefficient (Wildman–Crippen LogP) is 5.57. The second kappa shape index (κ2) is 10.3. The summed E-state index contributed by atoms with van der Waals surface area (Å²) in [5.74, 6) is 2.03. The molecular formula is C26H31NO4. The lowest BCUT2D eigenvalue weighted by Gasteiger charge is -2.13. The number of ether oxygens (including phenoxy) is 1. The number of aliphatic hydroxyl groups excluding tert-OH is 1. The maximum absolute atomic E-state index is 12.4. The van der Waals surface area contributed by atoms with Gasteiger partial charge in [0.15, 0.2) is 5.76 Å². The van der Waals surface area contributed by atoms with Crippen LogP contribution in [0, 0.1) is 0 Å². The quantitative estimate of drug-likeness (QED) is 0.474. The van der Waals surface area contributed by atoms with Gasteiger partial charge in [-0.2, -0.15) is 0 Å². The van der Waals surface area contributed by atoms with Crippen LogP contribution in [-0.4, -0.2) is 17.6 Å². The van der Waals surface area contributed by atoms with Crippen LogP contribution < -0.4 is 10.1 Å². The van der Waals surface area contributed by atoms with Crippen LogP contribution in [0.5, 0.6) is 5.75 Å². The summed E-state index contributed by atoms with van der Waals surface area (Å²) in [5, 5.41) is 13.1. The zero-order chi connectivity index (χ0) is 22.4. The van der Waals surface area contributed by atoms with Crippen molar-refractivity contribution in [1.29, 1.82) is 0 Å². The van der Waals surface area contributed by atoms with Crippen molar-refractivity contribution in [2.75, 3.05) is 6.54 Å². The summed E-state index contributed by atoms with van der Waals surface area (Å²) in [6.07, 6.45) is -0.781. The molecule has 5 heteroatoms. The van der Waals surface area contributed by atoms with E-state index in [-0.39, 0.29) is 24.8 Å². The Hall–Kier alpha value is -3.05. The molecule has 0 bridgehead atoms. The molecule has 164 valence electrons. The van der Waals surface area contributed by atoms with Gasteiger partial charge in [0.2, 0.25) is 0 Å². The monoisotopic (exact) mass is 421 g/mol. The van der Waals surface area contributed by atoms with E-state index in [1.54, 1.807) is 12.1 Å². The van der Waals surface area contributed by atoms with Crippen LogP contribution in [0.3, 0.4) is 0 Å². The number of hydrogen-bond donors (Lipinski definition) is 2. The number of rotatable bonds is 9. The Morgan fingerprint density at radius 1 is 0.871 bits per heavy atom. The Morgan fingerprint density at radius 2 is 1.42 bits per heavy atom. The molecule has 0 aliphatic carbocycles. The Kier molecular flexibility index (Phi) is 7.53. The first-order valence-corrected chi connectivity index (χ1v) is 10.7. The minimum Gasteiger partial charge on any atom is -0.486 e. The van der Waals surface area contributed by atoms with Gasteiger partial charge in [0.05, 0.1) is 6.10 Å². The van der Waals surface area contributed by atoms with E-state index in [1.165, 1.54) is 11.1 Å². The highest BCUT2D eigenvalue weighted by Gasteiger charge is 2.15. The van der Waals surface area contributed by atoms with Crippen molar-refractivity contribution in [1.82, 2.24) is 5.32 Å². The highest BCUT2D eigenvalue weighted by atomic mass is 16.5. The van der Waals surface area contributed by atoms with Crippen molar-refractivity contribution >= 4 is 5.91 Å². The van der Waals surface area contributed by atoms with E-state index >= 15 is 0 Å². The molecule has 0 saturated heterocycles. The van der Waals surface area contributed by atoms with E-state index in [2.05, 4.69) is 33.0 Å². The SMILES string of the molecule is CC(C)c1ccc(OCc2ccc(C(=O)NCC(O)c3ccc(C(C)C)cc3)o2)cc1. The largest absolute Gasteiger partial charge is 0.486 e. The van der Waals surface area contributed by atoms with Crippen LogP contribution in [0.1, 0.15) is 78.6 Å². The van der Waals surface area contributed by atoms with E-state index in [9.17, 15) is 9.90 Å². The second-order valence-electron chi connectivity index (χ2n) is 8.33. The molecule has 0 aliphatic rings. The molecule has 0 radical (unpaired) electrons. The lowest BCUT2D eigenvalue weighted by Crippen LogP contribution is -2.28. The Morgan fingerprint density at radius 3 is 2.00 bits per heavy atom. The van der Waals surface area contributed by atoms with Gasteiger partial charge in [-0.1, -0.05) is 64.1 Å². The van der Waals surface area contributed by atoms with Crippen LogP contribution in [0.2, 0.25) is 0 Å². The van der Waals surface area contributed by atoms with E-state index in [1.807, 2.05) is 48.5 Å². The van der Waals surface area contributed by atoms with Crippen LogP contribution in [0.4, 0.5) is 0 Å². The zero-order valence-corrected chi connectivity index (χ0v) is 18.6. The molecule has 3 rings (SSSR count). The third kappa shape index (κ3) is 6.22. The van der Waals surface area contributed by atoms with Gasteiger partial charge in [0.25, 0.3) is 5.91 Å². The van der Waals surface area contributed by atoms with Crippen LogP contribution >= 0.6 is 0 Å². The number of aliphatic hydroxyl groups is 1. The average Bonchev–Trinajstić information content (AvgIpc) is 3.25. The number of nitrogens with one attached hydrogen (secondary N) is 1. The molecule has 1 amide bonds. The minimum atomic E-state index is -0.781. The Bertz CT molecular complexity index is 971. The standard InChI is InChI=1S/C26H31NO4/c1-17(2)19-5-7-21(8-6-19)24(28)15-27-26(29)25-14-13-23(31-25)16-30-22-11-9-20(10-12-22)18(3)4/h5-14,17-18,24,28H,15-16H2,1-4H3,(H,27,29). The summed E-state index contributed by atoms with van der Waals surface area (Å²) in [6.45, 7) is 8.88. The maximum atomic E-state index is 12.4. The Labute approximate surface area is 184 Å². The van der Waals surface area contributed by atoms with Gasteiger partial charge in [0, 0.05) is 6.54 Å². The summed E-state index contributed by atoms with van der Waals surface area (Å²) >= 11 is 0. The summed E-state index contributed by atoms with van der Waals surface area (Å²) in [5.41, 5.74) is 3.23. The smallest absolute Gasteiger partial charge is 0.287 e. The van der Waals surface area contributed by atoms with Gasteiger partial charge in [-0.15, -0.1) is 0 Å². The van der Waals surface area contributed by atoms with Gasteiger partial charge >= 0.3 is 0 Å². The van der Waals surface area contributed by atoms with Crippen molar-refractivity contribution in [3.05, 3.63) is 88.9 Å². The average molecular weight is 422 g/mol. The van der Waals surface area contributed by atoms with Crippen molar-refractivity contribution in [2.45, 2.75) is 52.2 Å². The highest BCUT2D eigenvalue weighted by molar-refractivity contribution is 5.91. The lowest BCUT2D eigenvalue weighted by molar-refractivity contribution is 0.0885. The molecule has 0 aliphatic heterocycles. The summed E-state index contributed by atoms with van der Waals surface area (Å²) in [6, 6.07) is 19.1. The number of hydrogen-bond acceptors (Lipinski definition) is 4. The number of furan rings is 1. The molecule has 1 heterocycles. The van der Waals surface area contributed by atoms with Crippen LogP contribution in [0.15, 0.2) is 65.1 Å². The highest BCUT2D eigenvalue weighted by Crippen LogP contribution is 2.21. The lowest BCUT2D eigenvalue weighted by atomic mass is 10.00. The number of carbonyl (C=O) groups excluding carboxylic acids is 1. The molecule has 2 N–H and O–H groups in total. The number of amides is 1. The van der Waals surface area contributed by atoms with E-state index in [0.29, 0.717) is 17.6 Å². The van der Waals surface area contributed by atoms with Gasteiger partial charge in [-0.25, -0.2) is 0 Å². The zero-order valence-electron chi connectivity index (χ0n) is 18.6. The summed E-state index contributed by atoms with van der Waals surface area (Å²) < 4.78 is 11.3. The van der Waals surface area contributed by atoms with Gasteiger partial charge < -0.3 is 19.6 Å². The fourth-order valence-corrected chi connectivity index (χ4v) is 3.18. The Balaban J connectivity index is 1.49. The first-order valence-electron chi connectivity index (χ1n) is 10.7.